The number of nitrogens with one attached hydrogen (secondary N) is 2. The Kier molecular flexibility index (Phi) is 6.09. The monoisotopic (exact) mass is 439 g/mol. The molecular weight excluding hydrogens is 414 g/mol. The van der Waals surface area contributed by atoms with Gasteiger partial charge in [-0.2, -0.15) is 0 Å². The second-order valence-electron chi connectivity index (χ2n) is 8.13. The first-order chi connectivity index (χ1) is 15.8. The van der Waals surface area contributed by atoms with Gasteiger partial charge in [0, 0.05) is 18.3 Å². The molecule has 0 atom stereocenters. The van der Waals surface area contributed by atoms with Gasteiger partial charge in [-0.15, -0.1) is 0 Å². The molecule has 0 saturated carbocycles. The molecule has 6 nitrogen and oxygen atoms in total. The van der Waals surface area contributed by atoms with E-state index in [1.807, 2.05) is 62.4 Å². The number of hydrogen-bond acceptors (Lipinski definition) is 4. The summed E-state index contributed by atoms with van der Waals surface area (Å²) in [5.74, 6) is -0.909. The first kappa shape index (κ1) is 22.0. The number of hydrogen-bond donors (Lipinski definition) is 2. The third-order valence-electron chi connectivity index (χ3n) is 5.49. The van der Waals surface area contributed by atoms with Crippen LogP contribution in [0.1, 0.15) is 29.2 Å². The fourth-order valence-electron chi connectivity index (χ4n) is 3.88. The van der Waals surface area contributed by atoms with E-state index >= 15 is 0 Å². The molecule has 3 aromatic rings. The summed E-state index contributed by atoms with van der Waals surface area (Å²) in [6.45, 7) is 5.58. The van der Waals surface area contributed by atoms with Crippen molar-refractivity contribution in [1.29, 1.82) is 0 Å². The van der Waals surface area contributed by atoms with Crippen molar-refractivity contribution in [2.45, 2.75) is 27.3 Å². The zero-order chi connectivity index (χ0) is 23.5. The summed E-state index contributed by atoms with van der Waals surface area (Å²) in [6.07, 6.45) is 0. The van der Waals surface area contributed by atoms with Crippen LogP contribution in [0.4, 0.5) is 11.4 Å². The van der Waals surface area contributed by atoms with Crippen molar-refractivity contribution < 1.29 is 14.4 Å². The summed E-state index contributed by atoms with van der Waals surface area (Å²) in [6, 6.07) is 22.2. The number of amides is 3. The van der Waals surface area contributed by atoms with Crippen molar-refractivity contribution >= 4 is 34.7 Å². The smallest absolute Gasteiger partial charge is 0.278 e. The van der Waals surface area contributed by atoms with E-state index < -0.39 is 0 Å². The zero-order valence-corrected chi connectivity index (χ0v) is 18.8. The molecule has 0 aromatic heterocycles. The van der Waals surface area contributed by atoms with E-state index in [1.165, 1.54) is 11.8 Å². The SMILES string of the molecule is CC(=O)Nc1ccc(C2=C(Nc3ccc(C)cc3C)C(=O)N(Cc3ccccc3)C2=O)cc1. The van der Waals surface area contributed by atoms with E-state index in [9.17, 15) is 14.4 Å². The fourth-order valence-corrected chi connectivity index (χ4v) is 3.88. The Hall–Kier alpha value is -4.19. The predicted molar refractivity (Wildman–Crippen MR) is 129 cm³/mol. The van der Waals surface area contributed by atoms with Crippen LogP contribution in [-0.2, 0) is 20.9 Å². The van der Waals surface area contributed by atoms with Crippen molar-refractivity contribution in [3.05, 3.63) is 101 Å². The molecule has 1 aliphatic heterocycles. The van der Waals surface area contributed by atoms with Gasteiger partial charge in [-0.3, -0.25) is 19.3 Å². The molecule has 2 N–H and O–H groups in total. The average Bonchev–Trinajstić information content (AvgIpc) is 3.01. The molecule has 0 spiro atoms. The maximum absolute atomic E-state index is 13.5. The highest BCUT2D eigenvalue weighted by molar-refractivity contribution is 6.36. The number of carbonyl (C=O) groups excluding carboxylic acids is 3. The number of nitrogens with zero attached hydrogens (tertiary/aromatic N) is 1. The number of carbonyl (C=O) groups is 3. The first-order valence-electron chi connectivity index (χ1n) is 10.7. The van der Waals surface area contributed by atoms with Gasteiger partial charge in [0.2, 0.25) is 5.91 Å². The van der Waals surface area contributed by atoms with Crippen LogP contribution in [0.2, 0.25) is 0 Å². The Morgan fingerprint density at radius 3 is 2.21 bits per heavy atom. The Balaban J connectivity index is 1.74. The summed E-state index contributed by atoms with van der Waals surface area (Å²) >= 11 is 0. The second kappa shape index (κ2) is 9.12. The normalized spacial score (nSPS) is 13.5. The van der Waals surface area contributed by atoms with E-state index in [0.29, 0.717) is 16.8 Å². The minimum Gasteiger partial charge on any atom is -0.350 e. The lowest BCUT2D eigenvalue weighted by Gasteiger charge is -2.16. The standard InChI is InChI=1S/C27H25N3O3/c1-17-9-14-23(18(2)15-17)29-25-24(21-10-12-22(13-11-21)28-19(3)31)26(32)30(27(25)33)16-20-7-5-4-6-8-20/h4-15,29H,16H2,1-3H3,(H,28,31). The summed E-state index contributed by atoms with van der Waals surface area (Å²) in [5, 5.41) is 5.94. The molecule has 0 unspecified atom stereocenters. The highest BCUT2D eigenvalue weighted by atomic mass is 16.2. The summed E-state index contributed by atoms with van der Waals surface area (Å²) in [7, 11) is 0. The summed E-state index contributed by atoms with van der Waals surface area (Å²) < 4.78 is 0. The Morgan fingerprint density at radius 2 is 1.58 bits per heavy atom. The minimum absolute atomic E-state index is 0.180. The van der Waals surface area contributed by atoms with Crippen molar-refractivity contribution in [3.8, 4) is 0 Å². The van der Waals surface area contributed by atoms with Crippen LogP contribution in [0.25, 0.3) is 5.57 Å². The van der Waals surface area contributed by atoms with Crippen molar-refractivity contribution in [2.75, 3.05) is 10.6 Å². The molecule has 3 amide bonds. The average molecular weight is 440 g/mol. The molecule has 1 heterocycles. The van der Waals surface area contributed by atoms with Crippen molar-refractivity contribution in [2.24, 2.45) is 0 Å². The summed E-state index contributed by atoms with van der Waals surface area (Å²) in [4.78, 5) is 39.5. The van der Waals surface area contributed by atoms with Crippen LogP contribution in [0.5, 0.6) is 0 Å². The topological polar surface area (TPSA) is 78.5 Å². The van der Waals surface area contributed by atoms with Crippen molar-refractivity contribution in [3.63, 3.8) is 0 Å². The van der Waals surface area contributed by atoms with Crippen LogP contribution >= 0.6 is 0 Å². The molecule has 0 fully saturated rings. The van der Waals surface area contributed by atoms with Gasteiger partial charge >= 0.3 is 0 Å². The van der Waals surface area contributed by atoms with Crippen LogP contribution < -0.4 is 10.6 Å². The molecule has 0 aliphatic carbocycles. The van der Waals surface area contributed by atoms with Gasteiger partial charge in [-0.1, -0.05) is 60.2 Å². The van der Waals surface area contributed by atoms with Crippen LogP contribution in [0.3, 0.4) is 0 Å². The fraction of sp³-hybridized carbons (Fsp3) is 0.148. The number of imide groups is 1. The van der Waals surface area contributed by atoms with Crippen LogP contribution in [0, 0.1) is 13.8 Å². The van der Waals surface area contributed by atoms with Gasteiger partial charge in [-0.25, -0.2) is 0 Å². The Bertz CT molecular complexity index is 1260. The van der Waals surface area contributed by atoms with Crippen molar-refractivity contribution in [1.82, 2.24) is 4.90 Å². The number of aryl methyl sites for hydroxylation is 2. The van der Waals surface area contributed by atoms with E-state index in [1.54, 1.807) is 24.3 Å². The van der Waals surface area contributed by atoms with Gasteiger partial charge in [0.05, 0.1) is 12.1 Å². The number of anilines is 2. The van der Waals surface area contributed by atoms with Gasteiger partial charge in [0.1, 0.15) is 5.70 Å². The Labute approximate surface area is 192 Å². The zero-order valence-electron chi connectivity index (χ0n) is 18.8. The molecular formula is C27H25N3O3. The van der Waals surface area contributed by atoms with Crippen LogP contribution in [0.15, 0.2) is 78.5 Å². The number of benzene rings is 3. The second-order valence-corrected chi connectivity index (χ2v) is 8.13. The molecule has 1 aliphatic rings. The lowest BCUT2D eigenvalue weighted by molar-refractivity contribution is -0.137. The largest absolute Gasteiger partial charge is 0.350 e. The number of rotatable bonds is 6. The Morgan fingerprint density at radius 1 is 0.879 bits per heavy atom. The molecule has 0 radical (unpaired) electrons. The van der Waals surface area contributed by atoms with E-state index in [2.05, 4.69) is 10.6 Å². The van der Waals surface area contributed by atoms with Gasteiger partial charge < -0.3 is 10.6 Å². The lowest BCUT2D eigenvalue weighted by atomic mass is 10.0. The molecule has 3 aromatic carbocycles. The summed E-state index contributed by atoms with van der Waals surface area (Å²) in [5.41, 5.74) is 5.50. The van der Waals surface area contributed by atoms with Gasteiger partial charge in [-0.05, 0) is 48.7 Å². The quantitative estimate of drug-likeness (QED) is 0.548. The predicted octanol–water partition coefficient (Wildman–Crippen LogP) is 4.65. The molecule has 0 bridgehead atoms. The van der Waals surface area contributed by atoms with Crippen LogP contribution in [-0.4, -0.2) is 22.6 Å². The van der Waals surface area contributed by atoms with Gasteiger partial charge in [0.15, 0.2) is 0 Å². The maximum Gasteiger partial charge on any atom is 0.278 e. The first-order valence-corrected chi connectivity index (χ1v) is 10.7. The molecule has 33 heavy (non-hydrogen) atoms. The highest BCUT2D eigenvalue weighted by Crippen LogP contribution is 2.33. The van der Waals surface area contributed by atoms with E-state index in [4.69, 9.17) is 0 Å². The minimum atomic E-state index is -0.371. The lowest BCUT2D eigenvalue weighted by Crippen LogP contribution is -2.32. The third-order valence-corrected chi connectivity index (χ3v) is 5.49. The van der Waals surface area contributed by atoms with E-state index in [-0.39, 0.29) is 30.0 Å². The maximum atomic E-state index is 13.5. The molecule has 6 heteroatoms. The molecule has 0 saturated heterocycles. The van der Waals surface area contributed by atoms with Gasteiger partial charge in [0.25, 0.3) is 11.8 Å². The van der Waals surface area contributed by atoms with E-state index in [0.717, 1.165) is 22.4 Å². The third kappa shape index (κ3) is 4.70. The molecule has 4 rings (SSSR count). The molecule has 166 valence electrons. The highest BCUT2D eigenvalue weighted by Gasteiger charge is 2.39.